The summed E-state index contributed by atoms with van der Waals surface area (Å²) in [5.41, 5.74) is -2.09. The molecule has 0 spiro atoms. The van der Waals surface area contributed by atoms with E-state index >= 15 is 0 Å². The van der Waals surface area contributed by atoms with E-state index in [0.717, 1.165) is 32.1 Å². The van der Waals surface area contributed by atoms with Crippen molar-refractivity contribution < 1.29 is 9.84 Å². The first-order valence-corrected chi connectivity index (χ1v) is 11.3. The van der Waals surface area contributed by atoms with Gasteiger partial charge in [0.1, 0.15) is 5.60 Å². The second-order valence-electron chi connectivity index (χ2n) is 10.4. The van der Waals surface area contributed by atoms with Crippen molar-refractivity contribution in [2.45, 2.75) is 107 Å². The summed E-state index contributed by atoms with van der Waals surface area (Å²) in [6.45, 7) is 18.2. The van der Waals surface area contributed by atoms with Gasteiger partial charge in [0.2, 0.25) is 0 Å². The van der Waals surface area contributed by atoms with Gasteiger partial charge in [0.05, 0.1) is 27.3 Å². The first-order valence-electron chi connectivity index (χ1n) is 10.4. The van der Waals surface area contributed by atoms with Crippen molar-refractivity contribution in [3.63, 3.8) is 0 Å². The minimum atomic E-state index is -0.990. The standard InChI is InChI=1S/C22H33ClN2O2S/c1-19(2)16(23)9-12-22(5,27-19)15-7-10-20(3,25-13-28)14-8-11-21(4,26)18(24-6)17(14)15/h14-18,26H,7-12H2,1-5H3/t14-,15-,16+,17-,18+,20-,21+,22+/m0/s1. The molecule has 3 fully saturated rings. The fraction of sp³-hybridized carbons (Fsp3) is 0.909. The minimum Gasteiger partial charge on any atom is -0.382 e. The van der Waals surface area contributed by atoms with Crippen LogP contribution in [0.5, 0.6) is 0 Å². The van der Waals surface area contributed by atoms with Crippen LogP contribution >= 0.6 is 23.8 Å². The highest BCUT2D eigenvalue weighted by Gasteiger charge is 2.64. The molecule has 2 aliphatic carbocycles. The lowest BCUT2D eigenvalue weighted by molar-refractivity contribution is -0.218. The highest BCUT2D eigenvalue weighted by atomic mass is 35.5. The van der Waals surface area contributed by atoms with Gasteiger partial charge in [-0.05, 0) is 97.2 Å². The van der Waals surface area contributed by atoms with Crippen molar-refractivity contribution >= 4 is 29.0 Å². The Bertz CT molecular complexity index is 714. The van der Waals surface area contributed by atoms with Crippen molar-refractivity contribution in [1.29, 1.82) is 0 Å². The van der Waals surface area contributed by atoms with E-state index in [4.69, 9.17) is 35.1 Å². The van der Waals surface area contributed by atoms with Crippen LogP contribution in [0.4, 0.5) is 0 Å². The van der Waals surface area contributed by atoms with Crippen molar-refractivity contribution in [1.82, 2.24) is 0 Å². The lowest BCUT2D eigenvalue weighted by Crippen LogP contribution is -2.64. The molecule has 0 radical (unpaired) electrons. The molecular weight excluding hydrogens is 392 g/mol. The van der Waals surface area contributed by atoms with Gasteiger partial charge in [0.25, 0.3) is 6.04 Å². The van der Waals surface area contributed by atoms with Crippen LogP contribution in [-0.4, -0.2) is 44.0 Å². The Morgan fingerprint density at radius 1 is 1.11 bits per heavy atom. The fourth-order valence-corrected chi connectivity index (χ4v) is 6.76. The number of nitrogens with zero attached hydrogens (tertiary/aromatic N) is 2. The van der Waals surface area contributed by atoms with Crippen LogP contribution in [0, 0.1) is 24.3 Å². The zero-order valence-corrected chi connectivity index (χ0v) is 19.2. The number of aliphatic hydroxyl groups is 1. The lowest BCUT2D eigenvalue weighted by Gasteiger charge is -2.58. The van der Waals surface area contributed by atoms with E-state index in [0.29, 0.717) is 6.42 Å². The number of hydrogen-bond acceptors (Lipinski definition) is 4. The highest BCUT2D eigenvalue weighted by Crippen LogP contribution is 2.58. The van der Waals surface area contributed by atoms with Crippen LogP contribution in [0.3, 0.4) is 0 Å². The van der Waals surface area contributed by atoms with E-state index < -0.39 is 17.2 Å². The molecule has 1 heterocycles. The number of fused-ring (bicyclic) bond motifs is 1. The number of halogens is 1. The van der Waals surface area contributed by atoms with Crippen molar-refractivity contribution in [2.24, 2.45) is 22.7 Å². The summed E-state index contributed by atoms with van der Waals surface area (Å²) >= 11 is 11.5. The fourth-order valence-electron chi connectivity index (χ4n) is 6.39. The quantitative estimate of drug-likeness (QED) is 0.284. The maximum absolute atomic E-state index is 11.1. The predicted octanol–water partition coefficient (Wildman–Crippen LogP) is 5.28. The zero-order valence-electron chi connectivity index (χ0n) is 17.7. The molecule has 1 saturated heterocycles. The summed E-state index contributed by atoms with van der Waals surface area (Å²) in [6.07, 6.45) is 5.03. The second-order valence-corrected chi connectivity index (χ2v) is 11.1. The number of thiocarbonyl (C=S) groups is 1. The third-order valence-electron chi connectivity index (χ3n) is 8.02. The average Bonchev–Trinajstić information content (AvgIpc) is 2.57. The molecule has 0 aromatic carbocycles. The van der Waals surface area contributed by atoms with Gasteiger partial charge in [-0.25, -0.2) is 11.6 Å². The highest BCUT2D eigenvalue weighted by molar-refractivity contribution is 7.78. The largest absolute Gasteiger partial charge is 0.382 e. The van der Waals surface area contributed by atoms with E-state index in [9.17, 15) is 5.11 Å². The molecule has 4 nitrogen and oxygen atoms in total. The molecule has 2 saturated carbocycles. The third kappa shape index (κ3) is 3.57. The molecule has 0 unspecified atom stereocenters. The molecule has 0 aromatic rings. The minimum absolute atomic E-state index is 0.0137. The zero-order chi connectivity index (χ0) is 21.0. The number of isothiocyanates is 1. The van der Waals surface area contributed by atoms with Crippen LogP contribution in [-0.2, 0) is 4.74 Å². The molecule has 8 atom stereocenters. The number of aliphatic imine (C=N–C) groups is 1. The molecule has 28 heavy (non-hydrogen) atoms. The van der Waals surface area contributed by atoms with Gasteiger partial charge < -0.3 is 14.7 Å². The van der Waals surface area contributed by atoms with Gasteiger partial charge in [-0.2, -0.15) is 0 Å². The Morgan fingerprint density at radius 3 is 2.32 bits per heavy atom. The topological polar surface area (TPSA) is 46.2 Å². The van der Waals surface area contributed by atoms with Crippen molar-refractivity contribution in [2.75, 3.05) is 0 Å². The van der Waals surface area contributed by atoms with E-state index in [-0.39, 0.29) is 34.3 Å². The Morgan fingerprint density at radius 2 is 1.75 bits per heavy atom. The van der Waals surface area contributed by atoms with Gasteiger partial charge in [-0.15, -0.1) is 11.6 Å². The SMILES string of the molecule is [C-]#[N+][C@@H]1[C@@H]2[C@@H]([C@@]3(C)CC[C@@H](Cl)C(C)(C)O3)CC[C@](C)(N=C=S)[C@H]2CC[C@@]1(C)O. The molecule has 1 aliphatic heterocycles. The van der Waals surface area contributed by atoms with Crippen molar-refractivity contribution in [3.05, 3.63) is 11.4 Å². The van der Waals surface area contributed by atoms with Crippen LogP contribution in [0.1, 0.15) is 73.1 Å². The molecular formula is C22H33ClN2O2S. The summed E-state index contributed by atoms with van der Waals surface area (Å²) < 4.78 is 6.67. The molecule has 3 aliphatic rings. The maximum Gasteiger partial charge on any atom is 0.255 e. The van der Waals surface area contributed by atoms with E-state index in [2.05, 4.69) is 42.7 Å². The Labute approximate surface area is 179 Å². The number of hydrogen-bond donors (Lipinski definition) is 1. The molecule has 6 heteroatoms. The average molecular weight is 425 g/mol. The van der Waals surface area contributed by atoms with Crippen LogP contribution in [0.2, 0.25) is 0 Å². The molecule has 3 rings (SSSR count). The van der Waals surface area contributed by atoms with Crippen LogP contribution in [0.15, 0.2) is 4.99 Å². The second kappa shape index (κ2) is 7.33. The number of alkyl halides is 1. The Balaban J connectivity index is 2.05. The maximum atomic E-state index is 11.1. The summed E-state index contributed by atoms with van der Waals surface area (Å²) in [6, 6.07) is -0.464. The molecule has 0 amide bonds. The Hall–Kier alpha value is -0.500. The smallest absolute Gasteiger partial charge is 0.255 e. The summed E-state index contributed by atoms with van der Waals surface area (Å²) in [5.74, 6) is 0.387. The van der Waals surface area contributed by atoms with Crippen LogP contribution < -0.4 is 0 Å². The van der Waals surface area contributed by atoms with Gasteiger partial charge in [-0.3, -0.25) is 0 Å². The van der Waals surface area contributed by atoms with E-state index in [1.165, 1.54) is 0 Å². The molecule has 1 N–H and O–H groups in total. The summed E-state index contributed by atoms with van der Waals surface area (Å²) in [5, 5.41) is 13.7. The van der Waals surface area contributed by atoms with E-state index in [1.54, 1.807) is 0 Å². The van der Waals surface area contributed by atoms with Crippen LogP contribution in [0.25, 0.3) is 4.85 Å². The summed E-state index contributed by atoms with van der Waals surface area (Å²) in [4.78, 5) is 8.55. The number of rotatable bonds is 2. The monoisotopic (exact) mass is 424 g/mol. The van der Waals surface area contributed by atoms with Gasteiger partial charge in [0.15, 0.2) is 0 Å². The normalized spacial score (nSPS) is 50.7. The Kier molecular flexibility index (Phi) is 5.81. The van der Waals surface area contributed by atoms with Gasteiger partial charge in [-0.1, -0.05) is 0 Å². The van der Waals surface area contributed by atoms with E-state index in [1.807, 2.05) is 6.92 Å². The predicted molar refractivity (Wildman–Crippen MR) is 116 cm³/mol. The molecule has 156 valence electrons. The molecule has 0 bridgehead atoms. The lowest BCUT2D eigenvalue weighted by atomic mass is 9.51. The molecule has 0 aromatic heterocycles. The first-order chi connectivity index (χ1) is 12.9. The summed E-state index contributed by atoms with van der Waals surface area (Å²) in [7, 11) is 0. The third-order valence-corrected chi connectivity index (χ3v) is 8.86. The first kappa shape index (κ1) is 22.2. The number of ether oxygens (including phenoxy) is 1. The van der Waals surface area contributed by atoms with Crippen molar-refractivity contribution in [3.8, 4) is 0 Å². The van der Waals surface area contributed by atoms with Gasteiger partial charge >= 0.3 is 0 Å². The van der Waals surface area contributed by atoms with Gasteiger partial charge in [0, 0.05) is 5.92 Å².